The second kappa shape index (κ2) is 7.11. The molecule has 1 saturated heterocycles. The van der Waals surface area contributed by atoms with E-state index in [0.29, 0.717) is 10.0 Å². The minimum Gasteiger partial charge on any atom is -0.350 e. The third-order valence-electron chi connectivity index (χ3n) is 3.44. The lowest BCUT2D eigenvalue weighted by molar-refractivity contribution is -0.117. The number of carbonyl (C=O) groups is 1. The molecule has 1 aliphatic rings. The molecule has 1 N–H and O–H groups in total. The standard InChI is InChI=1S/C15H18Cl2N2O/c1-19-8-6-13(7-9-19)18-15(20)5-3-11-2-4-12(16)10-14(11)17/h2-5,10,13H,6-9H2,1H3,(H,18,20)/b5-3+. The van der Waals surface area contributed by atoms with Gasteiger partial charge >= 0.3 is 0 Å². The predicted octanol–water partition coefficient (Wildman–Crippen LogP) is 3.22. The number of hydrogen-bond donors (Lipinski definition) is 1. The number of hydrogen-bond acceptors (Lipinski definition) is 2. The Morgan fingerprint density at radius 2 is 2.05 bits per heavy atom. The smallest absolute Gasteiger partial charge is 0.244 e. The molecule has 0 unspecified atom stereocenters. The predicted molar refractivity (Wildman–Crippen MR) is 84.2 cm³/mol. The Morgan fingerprint density at radius 1 is 1.35 bits per heavy atom. The normalized spacial score (nSPS) is 17.6. The van der Waals surface area contributed by atoms with E-state index in [9.17, 15) is 4.79 Å². The van der Waals surface area contributed by atoms with Gasteiger partial charge < -0.3 is 10.2 Å². The summed E-state index contributed by atoms with van der Waals surface area (Å²) in [4.78, 5) is 14.1. The van der Waals surface area contributed by atoms with Crippen LogP contribution in [0.2, 0.25) is 10.0 Å². The molecule has 20 heavy (non-hydrogen) atoms. The molecule has 0 radical (unpaired) electrons. The van der Waals surface area contributed by atoms with Crippen molar-refractivity contribution in [3.05, 3.63) is 39.9 Å². The van der Waals surface area contributed by atoms with Crippen LogP contribution in [-0.2, 0) is 4.79 Å². The monoisotopic (exact) mass is 312 g/mol. The van der Waals surface area contributed by atoms with Gasteiger partial charge in [-0.05, 0) is 56.8 Å². The van der Waals surface area contributed by atoms with Gasteiger partial charge in [-0.2, -0.15) is 0 Å². The first-order chi connectivity index (χ1) is 9.54. The molecule has 0 bridgehead atoms. The highest BCUT2D eigenvalue weighted by molar-refractivity contribution is 6.35. The quantitative estimate of drug-likeness (QED) is 0.869. The van der Waals surface area contributed by atoms with Crippen LogP contribution in [0.5, 0.6) is 0 Å². The van der Waals surface area contributed by atoms with E-state index in [1.165, 1.54) is 6.08 Å². The van der Waals surface area contributed by atoms with E-state index in [0.717, 1.165) is 31.5 Å². The van der Waals surface area contributed by atoms with Crippen molar-refractivity contribution in [1.82, 2.24) is 10.2 Å². The Morgan fingerprint density at radius 3 is 2.70 bits per heavy atom. The van der Waals surface area contributed by atoms with E-state index in [1.807, 2.05) is 0 Å². The Hall–Kier alpha value is -1.03. The molecule has 0 spiro atoms. The Bertz CT molecular complexity index is 509. The van der Waals surface area contributed by atoms with Crippen LogP contribution >= 0.6 is 23.2 Å². The van der Waals surface area contributed by atoms with Gasteiger partial charge in [-0.1, -0.05) is 29.3 Å². The van der Waals surface area contributed by atoms with Crippen LogP contribution < -0.4 is 5.32 Å². The lowest BCUT2D eigenvalue weighted by Crippen LogP contribution is -2.42. The number of amides is 1. The molecule has 5 heteroatoms. The third-order valence-corrected chi connectivity index (χ3v) is 4.00. The summed E-state index contributed by atoms with van der Waals surface area (Å²) in [6.45, 7) is 2.05. The largest absolute Gasteiger partial charge is 0.350 e. The fraction of sp³-hybridized carbons (Fsp3) is 0.400. The molecule has 0 saturated carbocycles. The summed E-state index contributed by atoms with van der Waals surface area (Å²) in [7, 11) is 2.10. The second-order valence-electron chi connectivity index (χ2n) is 5.09. The summed E-state index contributed by atoms with van der Waals surface area (Å²) in [5.74, 6) is -0.0782. The lowest BCUT2D eigenvalue weighted by Gasteiger charge is -2.29. The van der Waals surface area contributed by atoms with Crippen molar-refractivity contribution >= 4 is 35.2 Å². The zero-order valence-electron chi connectivity index (χ0n) is 11.4. The molecular formula is C15H18Cl2N2O. The van der Waals surface area contributed by atoms with Crippen LogP contribution in [0.4, 0.5) is 0 Å². The molecule has 1 amide bonds. The summed E-state index contributed by atoms with van der Waals surface area (Å²) in [5, 5.41) is 4.15. The van der Waals surface area contributed by atoms with Crippen molar-refractivity contribution < 1.29 is 4.79 Å². The number of piperidine rings is 1. The SMILES string of the molecule is CN1CCC(NC(=O)/C=C/c2ccc(Cl)cc2Cl)CC1. The number of halogens is 2. The first kappa shape index (κ1) is 15.4. The average molecular weight is 313 g/mol. The minimum absolute atomic E-state index is 0.0782. The fourth-order valence-electron chi connectivity index (χ4n) is 2.20. The Balaban J connectivity index is 1.89. The van der Waals surface area contributed by atoms with Crippen LogP contribution in [0, 0.1) is 0 Å². The van der Waals surface area contributed by atoms with Crippen LogP contribution in [0.15, 0.2) is 24.3 Å². The maximum atomic E-state index is 11.9. The molecule has 2 rings (SSSR count). The number of likely N-dealkylation sites (tertiary alicyclic amines) is 1. The van der Waals surface area contributed by atoms with Crippen molar-refractivity contribution in [3.63, 3.8) is 0 Å². The van der Waals surface area contributed by atoms with E-state index >= 15 is 0 Å². The summed E-state index contributed by atoms with van der Waals surface area (Å²) in [5.41, 5.74) is 0.787. The van der Waals surface area contributed by atoms with Crippen LogP contribution in [0.25, 0.3) is 6.08 Å². The van der Waals surface area contributed by atoms with Gasteiger partial charge in [0.15, 0.2) is 0 Å². The minimum atomic E-state index is -0.0782. The maximum absolute atomic E-state index is 11.9. The topological polar surface area (TPSA) is 32.3 Å². The van der Waals surface area contributed by atoms with Gasteiger partial charge in [-0.3, -0.25) is 4.79 Å². The Labute approximate surface area is 129 Å². The van der Waals surface area contributed by atoms with Crippen molar-refractivity contribution in [2.24, 2.45) is 0 Å². The highest BCUT2D eigenvalue weighted by Crippen LogP contribution is 2.21. The van der Waals surface area contributed by atoms with Crippen molar-refractivity contribution in [3.8, 4) is 0 Å². The van der Waals surface area contributed by atoms with E-state index in [-0.39, 0.29) is 11.9 Å². The van der Waals surface area contributed by atoms with Gasteiger partial charge in [0.05, 0.1) is 0 Å². The molecule has 3 nitrogen and oxygen atoms in total. The van der Waals surface area contributed by atoms with Crippen molar-refractivity contribution in [1.29, 1.82) is 0 Å². The number of benzene rings is 1. The molecule has 0 atom stereocenters. The van der Waals surface area contributed by atoms with Gasteiger partial charge in [0, 0.05) is 22.2 Å². The first-order valence-electron chi connectivity index (χ1n) is 6.67. The zero-order chi connectivity index (χ0) is 14.5. The number of nitrogens with zero attached hydrogens (tertiary/aromatic N) is 1. The van der Waals surface area contributed by atoms with Crippen molar-refractivity contribution in [2.75, 3.05) is 20.1 Å². The molecular weight excluding hydrogens is 295 g/mol. The third kappa shape index (κ3) is 4.51. The van der Waals surface area contributed by atoms with Crippen LogP contribution in [0.1, 0.15) is 18.4 Å². The molecule has 1 aromatic rings. The summed E-state index contributed by atoms with van der Waals surface area (Å²) in [6.07, 6.45) is 5.23. The number of rotatable bonds is 3. The fourth-order valence-corrected chi connectivity index (χ4v) is 2.68. The van der Waals surface area contributed by atoms with E-state index < -0.39 is 0 Å². The maximum Gasteiger partial charge on any atom is 0.244 e. The molecule has 1 fully saturated rings. The highest BCUT2D eigenvalue weighted by atomic mass is 35.5. The number of carbonyl (C=O) groups excluding carboxylic acids is 1. The van der Waals surface area contributed by atoms with Gasteiger partial charge in [0.2, 0.25) is 5.91 Å². The summed E-state index contributed by atoms with van der Waals surface area (Å²) >= 11 is 11.9. The molecule has 108 valence electrons. The van der Waals surface area contributed by atoms with Crippen molar-refractivity contribution in [2.45, 2.75) is 18.9 Å². The summed E-state index contributed by atoms with van der Waals surface area (Å²) < 4.78 is 0. The van der Waals surface area contributed by atoms with Gasteiger partial charge in [0.25, 0.3) is 0 Å². The van der Waals surface area contributed by atoms with E-state index in [2.05, 4.69) is 17.3 Å². The molecule has 0 aliphatic carbocycles. The highest BCUT2D eigenvalue weighted by Gasteiger charge is 2.17. The molecule has 1 aliphatic heterocycles. The Kier molecular flexibility index (Phi) is 5.46. The van der Waals surface area contributed by atoms with E-state index in [1.54, 1.807) is 24.3 Å². The average Bonchev–Trinajstić information content (AvgIpc) is 2.40. The second-order valence-corrected chi connectivity index (χ2v) is 5.93. The van der Waals surface area contributed by atoms with Gasteiger partial charge in [-0.25, -0.2) is 0 Å². The van der Waals surface area contributed by atoms with Crippen LogP contribution in [-0.4, -0.2) is 37.0 Å². The lowest BCUT2D eigenvalue weighted by atomic mass is 10.1. The van der Waals surface area contributed by atoms with Gasteiger partial charge in [-0.15, -0.1) is 0 Å². The van der Waals surface area contributed by atoms with Gasteiger partial charge in [0.1, 0.15) is 0 Å². The molecule has 0 aromatic heterocycles. The first-order valence-corrected chi connectivity index (χ1v) is 7.42. The summed E-state index contributed by atoms with van der Waals surface area (Å²) in [6, 6.07) is 5.48. The molecule has 1 aromatic carbocycles. The molecule has 1 heterocycles. The zero-order valence-corrected chi connectivity index (χ0v) is 12.9. The van der Waals surface area contributed by atoms with E-state index in [4.69, 9.17) is 23.2 Å². The number of nitrogens with one attached hydrogen (secondary N) is 1. The van der Waals surface area contributed by atoms with Crippen LogP contribution in [0.3, 0.4) is 0 Å².